The quantitative estimate of drug-likeness (QED) is 0.794. The predicted molar refractivity (Wildman–Crippen MR) is 78.9 cm³/mol. The van der Waals surface area contributed by atoms with Crippen LogP contribution in [0.4, 0.5) is 5.69 Å². The number of benzene rings is 1. The van der Waals surface area contributed by atoms with E-state index in [9.17, 15) is 8.42 Å². The van der Waals surface area contributed by atoms with Gasteiger partial charge in [-0.1, -0.05) is 0 Å². The van der Waals surface area contributed by atoms with Crippen molar-refractivity contribution in [2.24, 2.45) is 0 Å². The lowest BCUT2D eigenvalue weighted by Crippen LogP contribution is -2.38. The third-order valence-electron chi connectivity index (χ3n) is 3.00. The highest BCUT2D eigenvalue weighted by molar-refractivity contribution is 7.89. The Morgan fingerprint density at radius 1 is 1.21 bits per heavy atom. The number of hydrogen-bond acceptors (Lipinski definition) is 4. The molecule has 2 N–H and O–H groups in total. The highest BCUT2D eigenvalue weighted by atomic mass is 32.2. The van der Waals surface area contributed by atoms with Gasteiger partial charge in [-0.3, -0.25) is 0 Å². The van der Waals surface area contributed by atoms with Gasteiger partial charge in [-0.25, -0.2) is 13.1 Å². The van der Waals surface area contributed by atoms with Crippen molar-refractivity contribution in [3.8, 4) is 0 Å². The summed E-state index contributed by atoms with van der Waals surface area (Å²) in [6, 6.07) is 6.91. The zero-order valence-corrected chi connectivity index (χ0v) is 12.8. The second-order valence-corrected chi connectivity index (χ2v) is 6.49. The van der Waals surface area contributed by atoms with Gasteiger partial charge in [0.1, 0.15) is 0 Å². The summed E-state index contributed by atoms with van der Waals surface area (Å²) in [7, 11) is 0.417. The molecule has 0 aliphatic heterocycles. The van der Waals surface area contributed by atoms with Crippen LogP contribution in [0.1, 0.15) is 13.8 Å². The van der Waals surface area contributed by atoms with E-state index in [4.69, 9.17) is 0 Å². The summed E-state index contributed by atoms with van der Waals surface area (Å²) in [5.74, 6) is 0. The van der Waals surface area contributed by atoms with Crippen molar-refractivity contribution >= 4 is 15.7 Å². The van der Waals surface area contributed by atoms with E-state index in [-0.39, 0.29) is 6.04 Å². The van der Waals surface area contributed by atoms with Crippen molar-refractivity contribution in [2.45, 2.75) is 24.8 Å². The van der Waals surface area contributed by atoms with Gasteiger partial charge in [-0.2, -0.15) is 0 Å². The van der Waals surface area contributed by atoms with Crippen LogP contribution in [0.25, 0.3) is 0 Å². The Labute approximate surface area is 116 Å². The van der Waals surface area contributed by atoms with E-state index in [2.05, 4.69) is 10.0 Å². The van der Waals surface area contributed by atoms with Crippen LogP contribution in [0.15, 0.2) is 29.2 Å². The summed E-state index contributed by atoms with van der Waals surface area (Å²) in [5, 5.41) is 3.13. The Balaban J connectivity index is 2.71. The van der Waals surface area contributed by atoms with E-state index < -0.39 is 10.0 Å². The highest BCUT2D eigenvalue weighted by Gasteiger charge is 2.15. The Morgan fingerprint density at radius 3 is 2.26 bits per heavy atom. The van der Waals surface area contributed by atoms with E-state index >= 15 is 0 Å². The Morgan fingerprint density at radius 2 is 1.79 bits per heavy atom. The molecule has 6 heteroatoms. The normalized spacial score (nSPS) is 13.5. The van der Waals surface area contributed by atoms with Crippen LogP contribution in [-0.2, 0) is 10.0 Å². The number of sulfonamides is 1. The molecule has 0 bridgehead atoms. The molecule has 0 fully saturated rings. The minimum absolute atomic E-state index is 0.149. The van der Waals surface area contributed by atoms with Gasteiger partial charge in [-0.05, 0) is 52.2 Å². The fourth-order valence-electron chi connectivity index (χ4n) is 1.45. The van der Waals surface area contributed by atoms with Crippen molar-refractivity contribution in [1.82, 2.24) is 9.62 Å². The molecule has 0 amide bonds. The molecule has 0 aliphatic carbocycles. The minimum Gasteiger partial charge on any atom is -0.385 e. The summed E-state index contributed by atoms with van der Waals surface area (Å²) in [6.07, 6.45) is 0. The largest absolute Gasteiger partial charge is 0.385 e. The van der Waals surface area contributed by atoms with Crippen molar-refractivity contribution in [3.63, 3.8) is 0 Å². The van der Waals surface area contributed by atoms with Crippen LogP contribution in [0.2, 0.25) is 0 Å². The van der Waals surface area contributed by atoms with Crippen LogP contribution in [0.5, 0.6) is 0 Å². The number of nitrogens with one attached hydrogen (secondary N) is 2. The van der Waals surface area contributed by atoms with E-state index in [0.717, 1.165) is 12.2 Å². The van der Waals surface area contributed by atoms with Crippen molar-refractivity contribution in [2.75, 3.05) is 32.5 Å². The molecule has 1 aromatic rings. The molecular formula is C13H23N3O2S. The molecule has 19 heavy (non-hydrogen) atoms. The summed E-state index contributed by atoms with van der Waals surface area (Å²) in [4.78, 5) is 2.26. The number of anilines is 1. The van der Waals surface area contributed by atoms with Gasteiger partial charge >= 0.3 is 0 Å². The van der Waals surface area contributed by atoms with Gasteiger partial charge in [0, 0.05) is 24.8 Å². The maximum atomic E-state index is 12.1. The molecule has 1 unspecified atom stereocenters. The van der Waals surface area contributed by atoms with Gasteiger partial charge in [0.15, 0.2) is 0 Å². The zero-order valence-electron chi connectivity index (χ0n) is 12.0. The Bertz CT molecular complexity index is 483. The molecule has 0 spiro atoms. The van der Waals surface area contributed by atoms with Crippen molar-refractivity contribution in [3.05, 3.63) is 24.3 Å². The molecule has 1 aromatic carbocycles. The molecule has 0 heterocycles. The maximum absolute atomic E-state index is 12.1. The number of hydrogen-bond donors (Lipinski definition) is 2. The standard InChI is InChI=1S/C13H23N3O2S/c1-5-14-12-6-8-13(9-7-12)19(17,18)15-10-11(2)16(3)4/h6-9,11,14-15H,5,10H2,1-4H3. The van der Waals surface area contributed by atoms with Crippen LogP contribution >= 0.6 is 0 Å². The molecule has 1 rings (SSSR count). The predicted octanol–water partition coefficient (Wildman–Crippen LogP) is 1.35. The fourth-order valence-corrected chi connectivity index (χ4v) is 2.57. The zero-order chi connectivity index (χ0) is 14.5. The minimum atomic E-state index is -3.43. The topological polar surface area (TPSA) is 61.4 Å². The van der Waals surface area contributed by atoms with E-state index in [1.54, 1.807) is 24.3 Å². The lowest BCUT2D eigenvalue weighted by Gasteiger charge is -2.20. The summed E-state index contributed by atoms with van der Waals surface area (Å²) in [5.41, 5.74) is 0.920. The monoisotopic (exact) mass is 285 g/mol. The van der Waals surface area contributed by atoms with E-state index in [0.29, 0.717) is 11.4 Å². The Hall–Kier alpha value is -1.11. The first-order valence-corrected chi connectivity index (χ1v) is 7.85. The first-order valence-electron chi connectivity index (χ1n) is 6.37. The lowest BCUT2D eigenvalue weighted by molar-refractivity contribution is 0.314. The number of nitrogens with zero attached hydrogens (tertiary/aromatic N) is 1. The number of rotatable bonds is 7. The maximum Gasteiger partial charge on any atom is 0.240 e. The molecule has 5 nitrogen and oxygen atoms in total. The second kappa shape index (κ2) is 6.88. The number of likely N-dealkylation sites (N-methyl/N-ethyl adjacent to an activating group) is 1. The lowest BCUT2D eigenvalue weighted by atomic mass is 10.3. The smallest absolute Gasteiger partial charge is 0.240 e. The van der Waals surface area contributed by atoms with Gasteiger partial charge < -0.3 is 10.2 Å². The van der Waals surface area contributed by atoms with Crippen LogP contribution < -0.4 is 10.0 Å². The third kappa shape index (κ3) is 4.81. The van der Waals surface area contributed by atoms with Crippen LogP contribution in [0, 0.1) is 0 Å². The van der Waals surface area contributed by atoms with Crippen LogP contribution in [-0.4, -0.2) is 46.5 Å². The van der Waals surface area contributed by atoms with E-state index in [1.165, 1.54) is 0 Å². The molecule has 0 aromatic heterocycles. The second-order valence-electron chi connectivity index (χ2n) is 4.72. The molecule has 0 aliphatic rings. The molecule has 108 valence electrons. The molecule has 0 saturated carbocycles. The highest BCUT2D eigenvalue weighted by Crippen LogP contribution is 2.13. The van der Waals surface area contributed by atoms with Gasteiger partial charge in [0.05, 0.1) is 4.90 Å². The van der Waals surface area contributed by atoms with Crippen LogP contribution in [0.3, 0.4) is 0 Å². The average molecular weight is 285 g/mol. The summed E-state index contributed by atoms with van der Waals surface area (Å²) in [6.45, 7) is 5.17. The SMILES string of the molecule is CCNc1ccc(S(=O)(=O)NCC(C)N(C)C)cc1. The fraction of sp³-hybridized carbons (Fsp3) is 0.538. The van der Waals surface area contributed by atoms with Crippen molar-refractivity contribution in [1.29, 1.82) is 0 Å². The van der Waals surface area contributed by atoms with E-state index in [1.807, 2.05) is 32.8 Å². The van der Waals surface area contributed by atoms with Gasteiger partial charge in [0.25, 0.3) is 0 Å². The summed E-state index contributed by atoms with van der Waals surface area (Å²) < 4.78 is 26.8. The summed E-state index contributed by atoms with van der Waals surface area (Å²) >= 11 is 0. The average Bonchev–Trinajstić information content (AvgIpc) is 2.37. The third-order valence-corrected chi connectivity index (χ3v) is 4.44. The first-order chi connectivity index (χ1) is 8.86. The molecular weight excluding hydrogens is 262 g/mol. The van der Waals surface area contributed by atoms with Gasteiger partial charge in [0.2, 0.25) is 10.0 Å². The molecule has 0 saturated heterocycles. The molecule has 1 atom stereocenters. The molecule has 0 radical (unpaired) electrons. The Kier molecular flexibility index (Phi) is 5.78. The van der Waals surface area contributed by atoms with Gasteiger partial charge in [-0.15, -0.1) is 0 Å². The van der Waals surface area contributed by atoms with Crippen molar-refractivity contribution < 1.29 is 8.42 Å². The first kappa shape index (κ1) is 15.9.